The Balaban J connectivity index is 1.40. The minimum Gasteiger partial charge on any atom is -0.379 e. The van der Waals surface area contributed by atoms with Crippen molar-refractivity contribution in [1.82, 2.24) is 15.2 Å². The van der Waals surface area contributed by atoms with Crippen LogP contribution in [0.25, 0.3) is 0 Å². The van der Waals surface area contributed by atoms with Crippen molar-refractivity contribution in [3.05, 3.63) is 46.5 Å². The van der Waals surface area contributed by atoms with E-state index < -0.39 is 0 Å². The number of carbonyl (C=O) groups excluding carboxylic acids is 2. The first-order chi connectivity index (χ1) is 14.3. The lowest BCUT2D eigenvalue weighted by Crippen LogP contribution is -2.35. The molecule has 0 saturated carbocycles. The van der Waals surface area contributed by atoms with Crippen LogP contribution in [0.5, 0.6) is 0 Å². The maximum absolute atomic E-state index is 12.3. The van der Waals surface area contributed by atoms with Crippen molar-refractivity contribution in [3.63, 3.8) is 0 Å². The summed E-state index contributed by atoms with van der Waals surface area (Å²) in [5.41, 5.74) is 2.76. The molecule has 162 valence electrons. The first-order valence-corrected chi connectivity index (χ1v) is 11.1. The van der Waals surface area contributed by atoms with Gasteiger partial charge in [-0.15, -0.1) is 11.3 Å². The summed E-state index contributed by atoms with van der Waals surface area (Å²) >= 11 is 1.42. The van der Waals surface area contributed by atoms with Gasteiger partial charge in [0.15, 0.2) is 5.13 Å². The van der Waals surface area contributed by atoms with E-state index in [1.807, 2.05) is 29.6 Å². The molecule has 0 atom stereocenters. The first kappa shape index (κ1) is 22.4. The van der Waals surface area contributed by atoms with Crippen molar-refractivity contribution < 1.29 is 14.3 Å². The summed E-state index contributed by atoms with van der Waals surface area (Å²) in [6, 6.07) is 7.58. The van der Waals surface area contributed by atoms with Gasteiger partial charge in [-0.2, -0.15) is 0 Å². The number of hydrogen-bond acceptors (Lipinski definition) is 6. The van der Waals surface area contributed by atoms with Crippen LogP contribution in [0.3, 0.4) is 0 Å². The van der Waals surface area contributed by atoms with Crippen LogP contribution in [0.1, 0.15) is 48.8 Å². The van der Waals surface area contributed by atoms with Gasteiger partial charge in [0.2, 0.25) is 5.91 Å². The number of anilines is 1. The van der Waals surface area contributed by atoms with Crippen molar-refractivity contribution in [2.75, 3.05) is 38.2 Å². The van der Waals surface area contributed by atoms with E-state index in [0.717, 1.165) is 38.5 Å². The number of nitrogens with zero attached hydrogens (tertiary/aromatic N) is 2. The summed E-state index contributed by atoms with van der Waals surface area (Å²) in [6.45, 7) is 10.7. The molecule has 30 heavy (non-hydrogen) atoms. The molecule has 0 bridgehead atoms. The highest BCUT2D eigenvalue weighted by atomic mass is 32.1. The highest BCUT2D eigenvalue weighted by Gasteiger charge is 2.15. The molecule has 1 aliphatic rings. The van der Waals surface area contributed by atoms with Gasteiger partial charge in [-0.3, -0.25) is 14.5 Å². The molecular weight excluding hydrogens is 400 g/mol. The number of hydrogen-bond donors (Lipinski definition) is 2. The van der Waals surface area contributed by atoms with Crippen LogP contribution in [-0.2, 0) is 21.5 Å². The van der Waals surface area contributed by atoms with Gasteiger partial charge in [-0.25, -0.2) is 4.98 Å². The maximum Gasteiger partial charge on any atom is 0.251 e. The average Bonchev–Trinajstić information content (AvgIpc) is 3.14. The third-order valence-electron chi connectivity index (χ3n) is 4.94. The first-order valence-electron chi connectivity index (χ1n) is 10.2. The maximum atomic E-state index is 12.3. The molecule has 1 aromatic carbocycles. The molecule has 8 heteroatoms. The molecule has 7 nitrogen and oxygen atoms in total. The average molecular weight is 431 g/mol. The van der Waals surface area contributed by atoms with Gasteiger partial charge in [-0.05, 0) is 23.1 Å². The summed E-state index contributed by atoms with van der Waals surface area (Å²) in [4.78, 5) is 31.2. The molecule has 2 N–H and O–H groups in total. The minimum absolute atomic E-state index is 0.0466. The Kier molecular flexibility index (Phi) is 7.58. The van der Waals surface area contributed by atoms with Gasteiger partial charge in [0.25, 0.3) is 5.91 Å². The van der Waals surface area contributed by atoms with E-state index in [-0.39, 0.29) is 30.2 Å². The molecule has 0 radical (unpaired) electrons. The number of benzene rings is 1. The second-order valence-electron chi connectivity index (χ2n) is 8.41. The summed E-state index contributed by atoms with van der Waals surface area (Å²) in [6.07, 6.45) is 0.199. The fourth-order valence-electron chi connectivity index (χ4n) is 3.12. The summed E-state index contributed by atoms with van der Waals surface area (Å²) in [5.74, 6) is -0.337. The van der Waals surface area contributed by atoms with Crippen LogP contribution in [0.4, 0.5) is 5.13 Å². The van der Waals surface area contributed by atoms with E-state index >= 15 is 0 Å². The fraction of sp³-hybridized carbons (Fsp3) is 0.500. The molecule has 2 heterocycles. The number of amides is 2. The summed E-state index contributed by atoms with van der Waals surface area (Å²) < 4.78 is 5.35. The standard InChI is InChI=1S/C22H30N4O3S/c1-22(2,3)17-6-4-16(5-7-17)20(28)23-9-8-19(27)25-21-24-18(15-30-21)14-26-10-12-29-13-11-26/h4-7,15H,8-14H2,1-3H3,(H,23,28)(H,24,25,27). The smallest absolute Gasteiger partial charge is 0.251 e. The van der Waals surface area contributed by atoms with Gasteiger partial charge >= 0.3 is 0 Å². The molecule has 0 unspecified atom stereocenters. The predicted octanol–water partition coefficient (Wildman–Crippen LogP) is 3.03. The van der Waals surface area contributed by atoms with Crippen LogP contribution in [-0.4, -0.2) is 54.5 Å². The van der Waals surface area contributed by atoms with Crippen LogP contribution < -0.4 is 10.6 Å². The normalized spacial score (nSPS) is 15.0. The van der Waals surface area contributed by atoms with E-state index in [9.17, 15) is 9.59 Å². The van der Waals surface area contributed by atoms with Crippen molar-refractivity contribution in [2.45, 2.75) is 39.2 Å². The Morgan fingerprint density at radius 2 is 1.87 bits per heavy atom. The fourth-order valence-corrected chi connectivity index (χ4v) is 3.84. The number of nitrogens with one attached hydrogen (secondary N) is 2. The Morgan fingerprint density at radius 3 is 2.53 bits per heavy atom. The molecule has 0 aliphatic carbocycles. The zero-order valence-electron chi connectivity index (χ0n) is 17.9. The molecule has 2 aromatic rings. The Labute approximate surface area is 181 Å². The SMILES string of the molecule is CC(C)(C)c1ccc(C(=O)NCCC(=O)Nc2nc(CN3CCOCC3)cs2)cc1. The monoisotopic (exact) mass is 430 g/mol. The van der Waals surface area contributed by atoms with Crippen LogP contribution in [0.15, 0.2) is 29.6 Å². The van der Waals surface area contributed by atoms with Crippen molar-refractivity contribution >= 4 is 28.3 Å². The van der Waals surface area contributed by atoms with E-state index in [0.29, 0.717) is 10.7 Å². The van der Waals surface area contributed by atoms with E-state index in [4.69, 9.17) is 4.74 Å². The number of ether oxygens (including phenoxy) is 1. The zero-order valence-corrected chi connectivity index (χ0v) is 18.7. The number of morpholine rings is 1. The molecule has 2 amide bonds. The van der Waals surface area contributed by atoms with E-state index in [1.165, 1.54) is 16.9 Å². The Hall–Kier alpha value is -2.29. The lowest BCUT2D eigenvalue weighted by Gasteiger charge is -2.25. The second kappa shape index (κ2) is 10.1. The number of aromatic nitrogens is 1. The van der Waals surface area contributed by atoms with Gasteiger partial charge < -0.3 is 15.4 Å². The lowest BCUT2D eigenvalue weighted by atomic mass is 9.87. The molecule has 1 aromatic heterocycles. The number of thiazole rings is 1. The Bertz CT molecular complexity index is 852. The predicted molar refractivity (Wildman–Crippen MR) is 119 cm³/mol. The van der Waals surface area contributed by atoms with E-state index in [1.54, 1.807) is 0 Å². The Morgan fingerprint density at radius 1 is 1.17 bits per heavy atom. The lowest BCUT2D eigenvalue weighted by molar-refractivity contribution is -0.116. The molecular formula is C22H30N4O3S. The third kappa shape index (κ3) is 6.62. The molecule has 1 fully saturated rings. The topological polar surface area (TPSA) is 83.6 Å². The summed E-state index contributed by atoms with van der Waals surface area (Å²) in [5, 5.41) is 8.17. The highest BCUT2D eigenvalue weighted by Crippen LogP contribution is 2.22. The van der Waals surface area contributed by atoms with Gasteiger partial charge in [0, 0.05) is 43.5 Å². The quantitative estimate of drug-likeness (QED) is 0.705. The van der Waals surface area contributed by atoms with E-state index in [2.05, 4.69) is 41.3 Å². The van der Waals surface area contributed by atoms with Crippen molar-refractivity contribution in [1.29, 1.82) is 0 Å². The van der Waals surface area contributed by atoms with Crippen LogP contribution >= 0.6 is 11.3 Å². The van der Waals surface area contributed by atoms with Crippen LogP contribution in [0, 0.1) is 0 Å². The molecule has 3 rings (SSSR count). The molecule has 1 saturated heterocycles. The summed E-state index contributed by atoms with van der Waals surface area (Å²) in [7, 11) is 0. The molecule has 0 spiro atoms. The number of carbonyl (C=O) groups is 2. The van der Waals surface area contributed by atoms with Crippen molar-refractivity contribution in [2.24, 2.45) is 0 Å². The highest BCUT2D eigenvalue weighted by molar-refractivity contribution is 7.13. The van der Waals surface area contributed by atoms with Gasteiger partial charge in [0.1, 0.15) is 0 Å². The van der Waals surface area contributed by atoms with Crippen molar-refractivity contribution in [3.8, 4) is 0 Å². The second-order valence-corrected chi connectivity index (χ2v) is 9.27. The number of rotatable bonds is 7. The van der Waals surface area contributed by atoms with Gasteiger partial charge in [-0.1, -0.05) is 32.9 Å². The zero-order chi connectivity index (χ0) is 21.6. The van der Waals surface area contributed by atoms with Crippen LogP contribution in [0.2, 0.25) is 0 Å². The minimum atomic E-state index is -0.176. The largest absolute Gasteiger partial charge is 0.379 e. The van der Waals surface area contributed by atoms with Gasteiger partial charge in [0.05, 0.1) is 18.9 Å². The third-order valence-corrected chi connectivity index (χ3v) is 5.74. The molecule has 1 aliphatic heterocycles.